The Morgan fingerprint density at radius 2 is 2.07 bits per heavy atom. The van der Waals surface area contributed by atoms with Crippen LogP contribution in [-0.4, -0.2) is 31.0 Å². The fraction of sp³-hybridized carbons (Fsp3) is 0.600. The molecule has 0 aromatic rings. The Hall–Kier alpha value is -1.03. The van der Waals surface area contributed by atoms with Crippen molar-refractivity contribution in [2.75, 3.05) is 19.1 Å². The molecule has 0 unspecified atom stereocenters. The van der Waals surface area contributed by atoms with Crippen LogP contribution in [0.2, 0.25) is 0 Å². The molecule has 0 atom stereocenters. The van der Waals surface area contributed by atoms with Crippen molar-refractivity contribution in [3.63, 3.8) is 0 Å². The second-order valence-corrected chi connectivity index (χ2v) is 2.94. The van der Waals surface area contributed by atoms with Crippen molar-refractivity contribution >= 4 is 23.5 Å². The summed E-state index contributed by atoms with van der Waals surface area (Å²) < 4.78 is 9.48. The first-order valence-electron chi connectivity index (χ1n) is 4.75. The van der Waals surface area contributed by atoms with E-state index in [1.165, 1.54) is 12.2 Å². The molecule has 0 saturated heterocycles. The maximum Gasteiger partial charge on any atom is 0.330 e. The molecule has 0 aliphatic heterocycles. The van der Waals surface area contributed by atoms with Gasteiger partial charge in [-0.25, -0.2) is 4.79 Å². The summed E-state index contributed by atoms with van der Waals surface area (Å²) in [7, 11) is 0. The van der Waals surface area contributed by atoms with Gasteiger partial charge >= 0.3 is 11.9 Å². The molecule has 5 heteroatoms. The number of esters is 2. The topological polar surface area (TPSA) is 52.6 Å². The lowest BCUT2D eigenvalue weighted by Crippen LogP contribution is -2.07. The summed E-state index contributed by atoms with van der Waals surface area (Å²) in [4.78, 5) is 21.8. The Balaban J connectivity index is 3.42. The van der Waals surface area contributed by atoms with E-state index < -0.39 is 5.97 Å². The molecular formula is C10H15ClO4. The van der Waals surface area contributed by atoms with Crippen molar-refractivity contribution in [1.82, 2.24) is 0 Å². The molecule has 0 fully saturated rings. The molecule has 0 radical (unpaired) electrons. The van der Waals surface area contributed by atoms with E-state index in [4.69, 9.17) is 21.1 Å². The second-order valence-electron chi connectivity index (χ2n) is 2.63. The number of halogens is 1. The molecule has 0 aromatic carbocycles. The number of alkyl halides is 1. The Kier molecular flexibility index (Phi) is 8.87. The van der Waals surface area contributed by atoms with E-state index in [1.807, 2.05) is 0 Å². The zero-order valence-corrected chi connectivity index (χ0v) is 9.46. The molecule has 15 heavy (non-hydrogen) atoms. The maximum absolute atomic E-state index is 10.9. The van der Waals surface area contributed by atoms with Crippen LogP contribution >= 0.6 is 11.6 Å². The van der Waals surface area contributed by atoms with E-state index >= 15 is 0 Å². The minimum absolute atomic E-state index is 0.213. The van der Waals surface area contributed by atoms with Crippen LogP contribution in [0.4, 0.5) is 0 Å². The van der Waals surface area contributed by atoms with Gasteiger partial charge in [0.2, 0.25) is 0 Å². The van der Waals surface area contributed by atoms with Crippen molar-refractivity contribution < 1.29 is 19.1 Å². The highest BCUT2D eigenvalue weighted by atomic mass is 35.5. The van der Waals surface area contributed by atoms with Gasteiger partial charge in [0, 0.05) is 18.4 Å². The smallest absolute Gasteiger partial charge is 0.330 e. The van der Waals surface area contributed by atoms with Gasteiger partial charge < -0.3 is 9.47 Å². The number of rotatable bonds is 7. The van der Waals surface area contributed by atoms with Crippen LogP contribution in [-0.2, 0) is 19.1 Å². The molecule has 0 spiro atoms. The van der Waals surface area contributed by atoms with Crippen LogP contribution in [0.1, 0.15) is 19.8 Å². The number of carbonyl (C=O) groups excluding carboxylic acids is 2. The largest absolute Gasteiger partial charge is 0.466 e. The average Bonchev–Trinajstić information content (AvgIpc) is 2.22. The van der Waals surface area contributed by atoms with E-state index in [9.17, 15) is 9.59 Å². The summed E-state index contributed by atoms with van der Waals surface area (Å²) in [5.41, 5.74) is 0. The Morgan fingerprint density at radius 1 is 1.33 bits per heavy atom. The summed E-state index contributed by atoms with van der Waals surface area (Å²) in [6, 6.07) is 0. The van der Waals surface area contributed by atoms with E-state index in [0.717, 1.165) is 0 Å². The maximum atomic E-state index is 10.9. The van der Waals surface area contributed by atoms with Gasteiger partial charge in [-0.1, -0.05) is 6.08 Å². The molecule has 0 bridgehead atoms. The molecule has 0 aliphatic carbocycles. The lowest BCUT2D eigenvalue weighted by atomic mass is 10.3. The summed E-state index contributed by atoms with van der Waals surface area (Å²) in [5.74, 6) is -0.442. The van der Waals surface area contributed by atoms with Crippen LogP contribution < -0.4 is 0 Å². The summed E-state index contributed by atoms with van der Waals surface area (Å²) in [5, 5.41) is 0. The van der Waals surface area contributed by atoms with Crippen LogP contribution in [0, 0.1) is 0 Å². The van der Waals surface area contributed by atoms with E-state index in [0.29, 0.717) is 13.0 Å². The number of ether oxygens (including phenoxy) is 2. The third-order valence-corrected chi connectivity index (χ3v) is 1.60. The molecule has 0 N–H and O–H groups in total. The molecule has 0 saturated carbocycles. The lowest BCUT2D eigenvalue weighted by molar-refractivity contribution is -0.145. The first-order chi connectivity index (χ1) is 7.20. The van der Waals surface area contributed by atoms with Gasteiger partial charge in [-0.2, -0.15) is 0 Å². The quantitative estimate of drug-likeness (QED) is 0.291. The molecule has 86 valence electrons. The first kappa shape index (κ1) is 14.0. The van der Waals surface area contributed by atoms with Gasteiger partial charge in [-0.05, 0) is 13.3 Å². The SMILES string of the molecule is CCOC(=O)CCCOC(=O)/C=C/CCl. The fourth-order valence-corrected chi connectivity index (χ4v) is 0.900. The van der Waals surface area contributed by atoms with Gasteiger partial charge in [0.25, 0.3) is 0 Å². The van der Waals surface area contributed by atoms with Crippen LogP contribution in [0.3, 0.4) is 0 Å². The Morgan fingerprint density at radius 3 is 2.67 bits per heavy atom. The molecule has 4 nitrogen and oxygen atoms in total. The number of allylic oxidation sites excluding steroid dienone is 1. The van der Waals surface area contributed by atoms with Crippen molar-refractivity contribution in [2.45, 2.75) is 19.8 Å². The van der Waals surface area contributed by atoms with Crippen LogP contribution in [0.5, 0.6) is 0 Å². The first-order valence-corrected chi connectivity index (χ1v) is 5.29. The van der Waals surface area contributed by atoms with Gasteiger partial charge in [0.15, 0.2) is 0 Å². The van der Waals surface area contributed by atoms with E-state index in [-0.39, 0.29) is 24.9 Å². The van der Waals surface area contributed by atoms with Crippen molar-refractivity contribution in [3.8, 4) is 0 Å². The molecule has 0 heterocycles. The number of hydrogen-bond donors (Lipinski definition) is 0. The Bertz CT molecular complexity index is 225. The van der Waals surface area contributed by atoms with Gasteiger partial charge in [0.1, 0.15) is 0 Å². The highest BCUT2D eigenvalue weighted by Gasteiger charge is 2.02. The fourth-order valence-electron chi connectivity index (χ4n) is 0.811. The van der Waals surface area contributed by atoms with Crippen LogP contribution in [0.15, 0.2) is 12.2 Å². The van der Waals surface area contributed by atoms with Crippen molar-refractivity contribution in [2.24, 2.45) is 0 Å². The monoisotopic (exact) mass is 234 g/mol. The summed E-state index contributed by atoms with van der Waals surface area (Å²) >= 11 is 5.33. The van der Waals surface area contributed by atoms with Crippen LogP contribution in [0.25, 0.3) is 0 Å². The Labute approximate surface area is 94.2 Å². The average molecular weight is 235 g/mol. The molecule has 0 aliphatic rings. The zero-order chi connectivity index (χ0) is 11.5. The van der Waals surface area contributed by atoms with E-state index in [1.54, 1.807) is 6.92 Å². The van der Waals surface area contributed by atoms with E-state index in [2.05, 4.69) is 0 Å². The second kappa shape index (κ2) is 9.52. The number of hydrogen-bond acceptors (Lipinski definition) is 4. The minimum Gasteiger partial charge on any atom is -0.466 e. The summed E-state index contributed by atoms with van der Waals surface area (Å²) in [6.45, 7) is 2.33. The number of carbonyl (C=O) groups is 2. The third-order valence-electron chi connectivity index (χ3n) is 1.42. The predicted octanol–water partition coefficient (Wildman–Crippen LogP) is 1.67. The van der Waals surface area contributed by atoms with Gasteiger partial charge in [0.05, 0.1) is 13.2 Å². The molecule has 0 aromatic heterocycles. The van der Waals surface area contributed by atoms with Crippen molar-refractivity contribution in [3.05, 3.63) is 12.2 Å². The standard InChI is InChI=1S/C10H15ClO4/c1-2-14-9(12)6-4-8-15-10(13)5-3-7-11/h3,5H,2,4,6-8H2,1H3/b5-3+. The lowest BCUT2D eigenvalue weighted by Gasteiger charge is -2.02. The highest BCUT2D eigenvalue weighted by molar-refractivity contribution is 6.19. The van der Waals surface area contributed by atoms with Crippen molar-refractivity contribution in [1.29, 1.82) is 0 Å². The highest BCUT2D eigenvalue weighted by Crippen LogP contribution is 1.94. The zero-order valence-electron chi connectivity index (χ0n) is 8.70. The molecular weight excluding hydrogens is 220 g/mol. The van der Waals surface area contributed by atoms with Gasteiger partial charge in [-0.3, -0.25) is 4.79 Å². The molecule has 0 rings (SSSR count). The third kappa shape index (κ3) is 9.28. The normalized spacial score (nSPS) is 10.3. The summed E-state index contributed by atoms with van der Waals surface area (Å²) in [6.07, 6.45) is 3.49. The predicted molar refractivity (Wildman–Crippen MR) is 56.7 cm³/mol. The minimum atomic E-state index is -0.445. The van der Waals surface area contributed by atoms with Gasteiger partial charge in [-0.15, -0.1) is 11.6 Å². The molecule has 0 amide bonds.